The molecule has 0 aromatic heterocycles. The molecule has 0 aliphatic carbocycles. The summed E-state index contributed by atoms with van der Waals surface area (Å²) in [4.78, 5) is 0. The molecule has 0 aliphatic heterocycles. The predicted molar refractivity (Wildman–Crippen MR) is 28.2 cm³/mol. The van der Waals surface area contributed by atoms with Gasteiger partial charge in [0.25, 0.3) is 0 Å². The summed E-state index contributed by atoms with van der Waals surface area (Å²) < 4.78 is 5.63. The predicted octanol–water partition coefficient (Wildman–Crippen LogP) is 0.270. The molecular formula is C4H10OSn. The van der Waals surface area contributed by atoms with E-state index in [2.05, 4.69) is 6.92 Å². The standard InChI is InChI=1S/C4H9O.Sn.H/c1-3-5-4-2;;/h3H,4H2,1-2H3;;. The molecule has 0 rings (SSSR count). The molecule has 2 heteroatoms. The quantitative estimate of drug-likeness (QED) is 0.571. The first-order valence-corrected chi connectivity index (χ1v) is 4.04. The van der Waals surface area contributed by atoms with Crippen molar-refractivity contribution in [3.8, 4) is 0 Å². The average molecular weight is 193 g/mol. The van der Waals surface area contributed by atoms with E-state index in [9.17, 15) is 0 Å². The first-order chi connectivity index (χ1) is 2.77. The summed E-state index contributed by atoms with van der Waals surface area (Å²) in [6.07, 6.45) is 0. The van der Waals surface area contributed by atoms with Gasteiger partial charge in [-0.05, 0) is 0 Å². The fourth-order valence-electron chi connectivity index (χ4n) is 0.263. The molecule has 2 radical (unpaired) electrons. The second-order valence-electron chi connectivity index (χ2n) is 1.16. The Bertz CT molecular complexity index is 28.7. The SMILES string of the molecule is CCO[CH](C)[SnH]. The van der Waals surface area contributed by atoms with Crippen LogP contribution in [0, 0.1) is 0 Å². The number of ether oxygens (including phenoxy) is 1. The van der Waals surface area contributed by atoms with E-state index in [1.54, 1.807) is 0 Å². The van der Waals surface area contributed by atoms with Crippen molar-refractivity contribution in [3.05, 3.63) is 0 Å². The number of hydrogen-bond acceptors (Lipinski definition) is 1. The Balaban J connectivity index is 2.63. The first-order valence-electron chi connectivity index (χ1n) is 2.14. The Morgan fingerprint density at radius 3 is 2.33 bits per heavy atom. The molecule has 0 aromatic rings. The molecule has 36 valence electrons. The Hall–Kier alpha value is 0.759. The molecule has 0 saturated heterocycles. The molecule has 0 amide bonds. The van der Waals surface area contributed by atoms with Gasteiger partial charge < -0.3 is 0 Å². The van der Waals surface area contributed by atoms with Gasteiger partial charge in [0.15, 0.2) is 0 Å². The molecule has 0 bridgehead atoms. The Kier molecular flexibility index (Phi) is 4.43. The second-order valence-corrected chi connectivity index (χ2v) is 3.84. The van der Waals surface area contributed by atoms with Gasteiger partial charge in [0, 0.05) is 0 Å². The van der Waals surface area contributed by atoms with Gasteiger partial charge in [-0.25, -0.2) is 0 Å². The molecule has 6 heavy (non-hydrogen) atoms. The van der Waals surface area contributed by atoms with Gasteiger partial charge in [0.2, 0.25) is 0 Å². The van der Waals surface area contributed by atoms with E-state index in [0.717, 1.165) is 6.61 Å². The fourth-order valence-corrected chi connectivity index (χ4v) is 0.812. The minimum absolute atomic E-state index is 0.528. The third-order valence-corrected chi connectivity index (χ3v) is 0.979. The van der Waals surface area contributed by atoms with Crippen LogP contribution in [0.4, 0.5) is 0 Å². The maximum absolute atomic E-state index is 5.10. The van der Waals surface area contributed by atoms with E-state index in [0.29, 0.717) is 4.12 Å². The van der Waals surface area contributed by atoms with E-state index < -0.39 is 0 Å². The number of hydrogen-bond donors (Lipinski definition) is 0. The van der Waals surface area contributed by atoms with E-state index in [-0.39, 0.29) is 0 Å². The molecule has 0 spiro atoms. The molecule has 0 N–H and O–H groups in total. The minimum atomic E-state index is 0.528. The fraction of sp³-hybridized carbons (Fsp3) is 1.00. The van der Waals surface area contributed by atoms with Gasteiger partial charge in [-0.15, -0.1) is 0 Å². The zero-order valence-corrected chi connectivity index (χ0v) is 7.57. The Morgan fingerprint density at radius 1 is 1.83 bits per heavy atom. The molecule has 0 fully saturated rings. The van der Waals surface area contributed by atoms with Crippen molar-refractivity contribution in [2.75, 3.05) is 6.61 Å². The summed E-state index contributed by atoms with van der Waals surface area (Å²) >= 11 is 1.21. The molecule has 1 unspecified atom stereocenters. The molecule has 0 aromatic carbocycles. The van der Waals surface area contributed by atoms with Crippen molar-refractivity contribution in [2.45, 2.75) is 18.0 Å². The van der Waals surface area contributed by atoms with Crippen LogP contribution in [-0.2, 0) is 4.74 Å². The maximum atomic E-state index is 5.10. The monoisotopic (exact) mass is 194 g/mol. The molecular weight excluding hydrogens is 183 g/mol. The van der Waals surface area contributed by atoms with Crippen molar-refractivity contribution in [2.24, 2.45) is 0 Å². The second kappa shape index (κ2) is 3.93. The van der Waals surface area contributed by atoms with Crippen LogP contribution in [-0.4, -0.2) is 33.3 Å². The van der Waals surface area contributed by atoms with E-state index >= 15 is 0 Å². The van der Waals surface area contributed by atoms with Gasteiger partial charge in [-0.3, -0.25) is 0 Å². The summed E-state index contributed by atoms with van der Waals surface area (Å²) in [6, 6.07) is 0. The van der Waals surface area contributed by atoms with Gasteiger partial charge in [-0.1, -0.05) is 0 Å². The Labute approximate surface area is 52.2 Å². The first kappa shape index (κ1) is 6.76. The zero-order valence-electron chi connectivity index (χ0n) is 4.27. The molecule has 0 saturated carbocycles. The third-order valence-electron chi connectivity index (χ3n) is 0.430. The molecule has 1 atom stereocenters. The van der Waals surface area contributed by atoms with Gasteiger partial charge in [-0.2, -0.15) is 0 Å². The van der Waals surface area contributed by atoms with Crippen LogP contribution >= 0.6 is 0 Å². The average Bonchev–Trinajstić information content (AvgIpc) is 1.35. The summed E-state index contributed by atoms with van der Waals surface area (Å²) in [5.74, 6) is 0. The van der Waals surface area contributed by atoms with Crippen LogP contribution in [0.5, 0.6) is 0 Å². The van der Waals surface area contributed by atoms with Crippen molar-refractivity contribution < 1.29 is 4.74 Å². The van der Waals surface area contributed by atoms with Crippen LogP contribution in [0.3, 0.4) is 0 Å². The topological polar surface area (TPSA) is 9.23 Å². The summed E-state index contributed by atoms with van der Waals surface area (Å²) in [7, 11) is 0. The molecule has 0 heterocycles. The zero-order chi connectivity index (χ0) is 4.99. The summed E-state index contributed by atoms with van der Waals surface area (Å²) in [5.41, 5.74) is 0. The van der Waals surface area contributed by atoms with Gasteiger partial charge >= 0.3 is 51.8 Å². The van der Waals surface area contributed by atoms with Crippen molar-refractivity contribution in [3.63, 3.8) is 0 Å². The number of rotatable bonds is 2. The van der Waals surface area contributed by atoms with Gasteiger partial charge in [0.05, 0.1) is 0 Å². The van der Waals surface area contributed by atoms with Crippen LogP contribution in [0.25, 0.3) is 0 Å². The summed E-state index contributed by atoms with van der Waals surface area (Å²) in [5, 5.41) is 0. The molecule has 1 nitrogen and oxygen atoms in total. The summed E-state index contributed by atoms with van der Waals surface area (Å²) in [6.45, 7) is 4.97. The van der Waals surface area contributed by atoms with Crippen molar-refractivity contribution in [1.29, 1.82) is 0 Å². The van der Waals surface area contributed by atoms with Crippen LogP contribution in [0.1, 0.15) is 13.8 Å². The Morgan fingerprint density at radius 2 is 2.33 bits per heavy atom. The van der Waals surface area contributed by atoms with Crippen LogP contribution in [0.15, 0.2) is 0 Å². The van der Waals surface area contributed by atoms with Crippen LogP contribution in [0.2, 0.25) is 0 Å². The molecule has 0 aliphatic rings. The van der Waals surface area contributed by atoms with E-state index in [1.165, 1.54) is 22.5 Å². The van der Waals surface area contributed by atoms with Gasteiger partial charge in [0.1, 0.15) is 0 Å². The third kappa shape index (κ3) is 4.76. The van der Waals surface area contributed by atoms with E-state index in [1.807, 2.05) is 6.92 Å². The van der Waals surface area contributed by atoms with Crippen molar-refractivity contribution >= 4 is 22.5 Å². The van der Waals surface area contributed by atoms with Crippen LogP contribution < -0.4 is 0 Å². The van der Waals surface area contributed by atoms with Crippen molar-refractivity contribution in [1.82, 2.24) is 0 Å². The normalized spacial score (nSPS) is 14.5. The van der Waals surface area contributed by atoms with E-state index in [4.69, 9.17) is 4.74 Å².